The van der Waals surface area contributed by atoms with E-state index in [1.807, 2.05) is 29.2 Å². The van der Waals surface area contributed by atoms with Gasteiger partial charge in [0.25, 0.3) is 5.91 Å². The van der Waals surface area contributed by atoms with Gasteiger partial charge in [0.2, 0.25) is 0 Å². The summed E-state index contributed by atoms with van der Waals surface area (Å²) in [7, 11) is 1.65. The van der Waals surface area contributed by atoms with Gasteiger partial charge < -0.3 is 9.64 Å². The molecule has 3 rings (SSSR count). The van der Waals surface area contributed by atoms with Gasteiger partial charge in [0, 0.05) is 13.1 Å². The summed E-state index contributed by atoms with van der Waals surface area (Å²) in [4.78, 5) is 14.3. The van der Waals surface area contributed by atoms with Gasteiger partial charge in [-0.05, 0) is 51.7 Å². The van der Waals surface area contributed by atoms with E-state index in [4.69, 9.17) is 4.74 Å². The lowest BCUT2D eigenvalue weighted by Gasteiger charge is -2.17. The van der Waals surface area contributed by atoms with E-state index in [1.165, 1.54) is 5.56 Å². The Bertz CT molecular complexity index is 748. The number of carbonyl (C=O) groups is 1. The molecule has 2 aromatic carbocycles. The average Bonchev–Trinajstić information content (AvgIpc) is 2.85. The van der Waals surface area contributed by atoms with Crippen molar-refractivity contribution in [1.29, 1.82) is 0 Å². The summed E-state index contributed by atoms with van der Waals surface area (Å²) in [5, 5.41) is 0. The molecule has 4 heteroatoms. The number of amides is 1. The van der Waals surface area contributed by atoms with Gasteiger partial charge in [0.1, 0.15) is 5.75 Å². The zero-order valence-electron chi connectivity index (χ0n) is 13.2. The van der Waals surface area contributed by atoms with Crippen LogP contribution in [0.3, 0.4) is 0 Å². The molecule has 0 radical (unpaired) electrons. The predicted octanol–water partition coefficient (Wildman–Crippen LogP) is 4.15. The van der Waals surface area contributed by atoms with Crippen LogP contribution in [0.5, 0.6) is 5.75 Å². The molecule has 0 unspecified atom stereocenters. The number of hydrogen-bond acceptors (Lipinski definition) is 2. The summed E-state index contributed by atoms with van der Waals surface area (Å²) < 4.78 is 5.83. The Morgan fingerprint density at radius 3 is 2.35 bits per heavy atom. The third-order valence-electron chi connectivity index (χ3n) is 4.02. The Morgan fingerprint density at radius 1 is 1.09 bits per heavy atom. The van der Waals surface area contributed by atoms with Crippen LogP contribution in [0.4, 0.5) is 0 Å². The molecule has 2 aromatic rings. The van der Waals surface area contributed by atoms with Gasteiger partial charge in [-0.1, -0.05) is 42.0 Å². The van der Waals surface area contributed by atoms with Crippen molar-refractivity contribution in [3.05, 3.63) is 69.7 Å². The van der Waals surface area contributed by atoms with E-state index in [0.717, 1.165) is 22.4 Å². The van der Waals surface area contributed by atoms with Crippen LogP contribution in [0.15, 0.2) is 53.0 Å². The second kappa shape index (κ2) is 6.59. The Morgan fingerprint density at radius 2 is 1.74 bits per heavy atom. The second-order valence-corrected chi connectivity index (χ2v) is 6.46. The van der Waals surface area contributed by atoms with Gasteiger partial charge in [0.15, 0.2) is 0 Å². The molecule has 0 saturated carbocycles. The fourth-order valence-electron chi connectivity index (χ4n) is 2.65. The van der Waals surface area contributed by atoms with Crippen LogP contribution in [0.1, 0.15) is 16.7 Å². The van der Waals surface area contributed by atoms with Crippen molar-refractivity contribution < 1.29 is 9.53 Å². The minimum atomic E-state index is 0.0383. The highest BCUT2D eigenvalue weighted by Crippen LogP contribution is 2.32. The highest BCUT2D eigenvalue weighted by molar-refractivity contribution is 9.12. The third kappa shape index (κ3) is 3.32. The number of aryl methyl sites for hydroxylation is 1. The lowest BCUT2D eigenvalue weighted by molar-refractivity contribution is -0.125. The number of halogens is 1. The van der Waals surface area contributed by atoms with Crippen LogP contribution < -0.4 is 4.74 Å². The first-order chi connectivity index (χ1) is 11.1. The molecular weight excluding hydrogens is 354 g/mol. The van der Waals surface area contributed by atoms with Gasteiger partial charge >= 0.3 is 0 Å². The van der Waals surface area contributed by atoms with Crippen LogP contribution >= 0.6 is 15.9 Å². The zero-order valence-corrected chi connectivity index (χ0v) is 14.8. The van der Waals surface area contributed by atoms with Crippen molar-refractivity contribution in [1.82, 2.24) is 4.90 Å². The zero-order chi connectivity index (χ0) is 16.4. The molecule has 3 nitrogen and oxygen atoms in total. The molecule has 0 aromatic heterocycles. The molecule has 118 valence electrons. The molecule has 0 spiro atoms. The lowest BCUT2D eigenvalue weighted by atomic mass is 10.1. The number of ether oxygens (including phenoxy) is 1. The van der Waals surface area contributed by atoms with Crippen molar-refractivity contribution >= 4 is 27.4 Å². The Labute approximate surface area is 144 Å². The van der Waals surface area contributed by atoms with Crippen molar-refractivity contribution in [3.8, 4) is 5.75 Å². The summed E-state index contributed by atoms with van der Waals surface area (Å²) in [6.07, 6.45) is 0. The van der Waals surface area contributed by atoms with Crippen molar-refractivity contribution in [2.45, 2.75) is 13.5 Å². The summed E-state index contributed by atoms with van der Waals surface area (Å²) >= 11 is 3.47. The highest BCUT2D eigenvalue weighted by atomic mass is 79.9. The largest absolute Gasteiger partial charge is 0.497 e. The highest BCUT2D eigenvalue weighted by Gasteiger charge is 2.29. The third-order valence-corrected chi connectivity index (χ3v) is 4.84. The molecule has 0 saturated heterocycles. The SMILES string of the molecule is COc1ccc(CN2CC(c3ccc(C)cc3)=C(Br)C2=O)cc1. The maximum Gasteiger partial charge on any atom is 0.261 e. The van der Waals surface area contributed by atoms with Crippen molar-refractivity contribution in [2.75, 3.05) is 13.7 Å². The molecule has 0 atom stereocenters. The van der Waals surface area contributed by atoms with Crippen LogP contribution in [-0.2, 0) is 11.3 Å². The molecule has 1 amide bonds. The Balaban J connectivity index is 1.77. The average molecular weight is 372 g/mol. The van der Waals surface area contributed by atoms with E-state index < -0.39 is 0 Å². The van der Waals surface area contributed by atoms with Crippen LogP contribution in [0.2, 0.25) is 0 Å². The van der Waals surface area contributed by atoms with Gasteiger partial charge in [-0.25, -0.2) is 0 Å². The number of carbonyl (C=O) groups excluding carboxylic acids is 1. The van der Waals surface area contributed by atoms with E-state index in [1.54, 1.807) is 7.11 Å². The molecule has 1 heterocycles. The van der Waals surface area contributed by atoms with E-state index in [0.29, 0.717) is 17.6 Å². The maximum atomic E-state index is 12.5. The molecule has 23 heavy (non-hydrogen) atoms. The fraction of sp³-hybridized carbons (Fsp3) is 0.211. The van der Waals surface area contributed by atoms with Crippen molar-refractivity contribution in [2.24, 2.45) is 0 Å². The second-order valence-electron chi connectivity index (χ2n) is 5.67. The van der Waals surface area contributed by atoms with Crippen LogP contribution in [0.25, 0.3) is 5.57 Å². The first-order valence-electron chi connectivity index (χ1n) is 7.46. The normalized spacial score (nSPS) is 14.6. The quantitative estimate of drug-likeness (QED) is 0.807. The van der Waals surface area contributed by atoms with E-state index in [2.05, 4.69) is 47.1 Å². The summed E-state index contributed by atoms with van der Waals surface area (Å²) in [5.41, 5.74) is 4.44. The standard InChI is InChI=1S/C19H18BrNO2/c1-13-3-7-15(8-4-13)17-12-21(19(22)18(17)20)11-14-5-9-16(23-2)10-6-14/h3-10H,11-12H2,1-2H3. The Kier molecular flexibility index (Phi) is 4.53. The molecule has 0 fully saturated rings. The molecule has 1 aliphatic rings. The smallest absolute Gasteiger partial charge is 0.261 e. The number of hydrogen-bond donors (Lipinski definition) is 0. The first-order valence-corrected chi connectivity index (χ1v) is 8.25. The monoisotopic (exact) mass is 371 g/mol. The van der Waals surface area contributed by atoms with Crippen LogP contribution in [0, 0.1) is 6.92 Å². The van der Waals surface area contributed by atoms with E-state index >= 15 is 0 Å². The molecule has 0 N–H and O–H groups in total. The van der Waals surface area contributed by atoms with Gasteiger partial charge in [-0.15, -0.1) is 0 Å². The predicted molar refractivity (Wildman–Crippen MR) is 95.4 cm³/mol. The van der Waals surface area contributed by atoms with Gasteiger partial charge in [-0.2, -0.15) is 0 Å². The summed E-state index contributed by atoms with van der Waals surface area (Å²) in [6, 6.07) is 16.1. The van der Waals surface area contributed by atoms with Gasteiger partial charge in [0.05, 0.1) is 11.6 Å². The fourth-order valence-corrected chi connectivity index (χ4v) is 3.26. The van der Waals surface area contributed by atoms with E-state index in [-0.39, 0.29) is 5.91 Å². The summed E-state index contributed by atoms with van der Waals surface area (Å²) in [5.74, 6) is 0.859. The van der Waals surface area contributed by atoms with E-state index in [9.17, 15) is 4.79 Å². The van der Waals surface area contributed by atoms with Crippen molar-refractivity contribution in [3.63, 3.8) is 0 Å². The molecular formula is C19H18BrNO2. The summed E-state index contributed by atoms with van der Waals surface area (Å²) in [6.45, 7) is 3.27. The Hall–Kier alpha value is -2.07. The number of benzene rings is 2. The number of nitrogens with zero attached hydrogens (tertiary/aromatic N) is 1. The number of methoxy groups -OCH3 is 1. The molecule has 1 aliphatic heterocycles. The topological polar surface area (TPSA) is 29.5 Å². The minimum Gasteiger partial charge on any atom is -0.497 e. The first kappa shape index (κ1) is 15.8. The maximum absolute atomic E-state index is 12.5. The molecule has 0 aliphatic carbocycles. The number of rotatable bonds is 4. The van der Waals surface area contributed by atoms with Crippen LogP contribution in [-0.4, -0.2) is 24.5 Å². The lowest BCUT2D eigenvalue weighted by Crippen LogP contribution is -2.25. The molecule has 0 bridgehead atoms. The van der Waals surface area contributed by atoms with Gasteiger partial charge in [-0.3, -0.25) is 4.79 Å². The minimum absolute atomic E-state index is 0.0383.